The van der Waals surface area contributed by atoms with Crippen molar-refractivity contribution in [3.05, 3.63) is 0 Å². The maximum atomic E-state index is 9.91. The molecule has 0 aliphatic carbocycles. The van der Waals surface area contributed by atoms with Crippen molar-refractivity contribution in [3.8, 4) is 0 Å². The van der Waals surface area contributed by atoms with Crippen molar-refractivity contribution >= 4 is 0 Å². The second kappa shape index (κ2) is 8.07. The van der Waals surface area contributed by atoms with Gasteiger partial charge in [-0.25, -0.2) is 0 Å². The molecule has 0 spiro atoms. The first-order chi connectivity index (χ1) is 8.64. The average molecular weight is 262 g/mol. The van der Waals surface area contributed by atoms with E-state index in [1.807, 2.05) is 0 Å². The van der Waals surface area contributed by atoms with Crippen LogP contribution in [0.3, 0.4) is 0 Å². The van der Waals surface area contributed by atoms with E-state index in [1.165, 1.54) is 12.8 Å². The number of hydrogen-bond acceptors (Lipinski definition) is 5. The highest BCUT2D eigenvalue weighted by atomic mass is 16.6. The molecule has 0 bridgehead atoms. The lowest BCUT2D eigenvalue weighted by atomic mass is 9.91. The van der Waals surface area contributed by atoms with Gasteiger partial charge in [-0.05, 0) is 6.42 Å². The first kappa shape index (κ1) is 15.9. The molecule has 108 valence electrons. The zero-order chi connectivity index (χ0) is 13.4. The van der Waals surface area contributed by atoms with Crippen molar-refractivity contribution in [2.45, 2.75) is 56.8 Å². The maximum absolute atomic E-state index is 9.91. The Morgan fingerprint density at radius 1 is 1.28 bits per heavy atom. The fourth-order valence-electron chi connectivity index (χ4n) is 2.11. The van der Waals surface area contributed by atoms with E-state index in [4.69, 9.17) is 9.47 Å². The molecule has 0 amide bonds. The molecule has 3 N–H and O–H groups in total. The van der Waals surface area contributed by atoms with Crippen LogP contribution in [0.25, 0.3) is 0 Å². The molecule has 1 saturated heterocycles. The lowest BCUT2D eigenvalue weighted by molar-refractivity contribution is -0.224. The Labute approximate surface area is 109 Å². The fraction of sp³-hybridized carbons (Fsp3) is 1.00. The van der Waals surface area contributed by atoms with Crippen LogP contribution >= 0.6 is 0 Å². The van der Waals surface area contributed by atoms with Gasteiger partial charge in [0.05, 0.1) is 32.0 Å². The molecule has 18 heavy (non-hydrogen) atoms. The van der Waals surface area contributed by atoms with Crippen molar-refractivity contribution in [1.29, 1.82) is 0 Å². The summed E-state index contributed by atoms with van der Waals surface area (Å²) < 4.78 is 10.9. The highest BCUT2D eigenvalue weighted by Crippen LogP contribution is 2.26. The minimum atomic E-state index is -1.07. The van der Waals surface area contributed by atoms with Crippen molar-refractivity contribution in [2.75, 3.05) is 26.4 Å². The smallest absolute Gasteiger partial charge is 0.140 e. The summed E-state index contributed by atoms with van der Waals surface area (Å²) in [6.07, 6.45) is 3.16. The Morgan fingerprint density at radius 3 is 2.67 bits per heavy atom. The van der Waals surface area contributed by atoms with Gasteiger partial charge < -0.3 is 24.8 Å². The van der Waals surface area contributed by atoms with Crippen molar-refractivity contribution in [1.82, 2.24) is 0 Å². The van der Waals surface area contributed by atoms with Crippen molar-refractivity contribution in [3.63, 3.8) is 0 Å². The number of aliphatic hydroxyl groups excluding tert-OH is 3. The molecule has 5 heteroatoms. The lowest BCUT2D eigenvalue weighted by Crippen LogP contribution is -2.57. The topological polar surface area (TPSA) is 79.2 Å². The van der Waals surface area contributed by atoms with Gasteiger partial charge in [-0.1, -0.05) is 26.2 Å². The van der Waals surface area contributed by atoms with Gasteiger partial charge in [0.25, 0.3) is 0 Å². The predicted octanol–water partition coefficient (Wildman–Crippen LogP) is 0.456. The molecule has 1 unspecified atom stereocenters. The Kier molecular flexibility index (Phi) is 7.11. The molecule has 0 aromatic heterocycles. The molecule has 1 aliphatic heterocycles. The van der Waals surface area contributed by atoms with E-state index in [0.29, 0.717) is 6.61 Å². The van der Waals surface area contributed by atoms with Gasteiger partial charge in [0.2, 0.25) is 0 Å². The van der Waals surface area contributed by atoms with Gasteiger partial charge in [0, 0.05) is 13.0 Å². The molecule has 1 rings (SSSR count). The standard InChI is InChI=1S/C13H26O5/c1-2-3-4-5-6-17-10-13(9-14)12(16)7-11(15)8-18-13/h11-12,14-16H,2-10H2,1H3/t11-,12?,13+/m0/s1. The monoisotopic (exact) mass is 262 g/mol. The number of aliphatic hydroxyl groups is 3. The molecule has 0 aromatic carbocycles. The summed E-state index contributed by atoms with van der Waals surface area (Å²) in [5, 5.41) is 28.7. The van der Waals surface area contributed by atoms with E-state index in [1.54, 1.807) is 0 Å². The van der Waals surface area contributed by atoms with Gasteiger partial charge in [0.15, 0.2) is 0 Å². The fourth-order valence-corrected chi connectivity index (χ4v) is 2.11. The first-order valence-electron chi connectivity index (χ1n) is 6.83. The summed E-state index contributed by atoms with van der Waals surface area (Å²) >= 11 is 0. The van der Waals surface area contributed by atoms with Gasteiger partial charge in [-0.15, -0.1) is 0 Å². The van der Waals surface area contributed by atoms with Crippen LogP contribution in [-0.4, -0.2) is 59.6 Å². The third kappa shape index (κ3) is 4.48. The Hall–Kier alpha value is -0.200. The number of unbranched alkanes of at least 4 members (excludes halogenated alkanes) is 3. The molecule has 5 nitrogen and oxygen atoms in total. The molecule has 0 radical (unpaired) electrons. The van der Waals surface area contributed by atoms with E-state index in [2.05, 4.69) is 6.92 Å². The summed E-state index contributed by atoms with van der Waals surface area (Å²) in [6, 6.07) is 0. The van der Waals surface area contributed by atoms with Gasteiger partial charge in [-0.2, -0.15) is 0 Å². The molecule has 1 heterocycles. The molecule has 1 aliphatic rings. The van der Waals surface area contributed by atoms with Crippen LogP contribution in [-0.2, 0) is 9.47 Å². The largest absolute Gasteiger partial charge is 0.393 e. The summed E-state index contributed by atoms with van der Waals surface area (Å²) in [4.78, 5) is 0. The third-order valence-corrected chi connectivity index (χ3v) is 3.42. The SMILES string of the molecule is CCCCCCOC[C@@]1(CO)OC[C@@H](O)CC1O. The summed E-state index contributed by atoms with van der Waals surface area (Å²) in [7, 11) is 0. The molecular formula is C13H26O5. The average Bonchev–Trinajstić information content (AvgIpc) is 2.36. The minimum absolute atomic E-state index is 0.136. The van der Waals surface area contributed by atoms with Crippen LogP contribution in [0, 0.1) is 0 Å². The Balaban J connectivity index is 2.27. The number of ether oxygens (including phenoxy) is 2. The predicted molar refractivity (Wildman–Crippen MR) is 67.4 cm³/mol. The number of hydrogen-bond donors (Lipinski definition) is 3. The van der Waals surface area contributed by atoms with Crippen LogP contribution in [0.5, 0.6) is 0 Å². The zero-order valence-electron chi connectivity index (χ0n) is 11.2. The van der Waals surface area contributed by atoms with Crippen LogP contribution < -0.4 is 0 Å². The van der Waals surface area contributed by atoms with E-state index in [9.17, 15) is 15.3 Å². The Morgan fingerprint density at radius 2 is 2.06 bits per heavy atom. The molecular weight excluding hydrogens is 236 g/mol. The van der Waals surface area contributed by atoms with Gasteiger partial charge in [0.1, 0.15) is 5.60 Å². The number of rotatable bonds is 8. The van der Waals surface area contributed by atoms with Crippen LogP contribution in [0.1, 0.15) is 39.0 Å². The summed E-state index contributed by atoms with van der Waals surface area (Å²) in [6.45, 7) is 2.77. The van der Waals surface area contributed by atoms with Crippen molar-refractivity contribution < 1.29 is 24.8 Å². The molecule has 0 saturated carbocycles. The van der Waals surface area contributed by atoms with E-state index in [0.717, 1.165) is 12.8 Å². The van der Waals surface area contributed by atoms with Crippen molar-refractivity contribution in [2.24, 2.45) is 0 Å². The molecule has 1 fully saturated rings. The molecule has 0 aromatic rings. The van der Waals surface area contributed by atoms with Gasteiger partial charge >= 0.3 is 0 Å². The van der Waals surface area contributed by atoms with E-state index in [-0.39, 0.29) is 26.2 Å². The highest BCUT2D eigenvalue weighted by Gasteiger charge is 2.43. The zero-order valence-corrected chi connectivity index (χ0v) is 11.2. The summed E-state index contributed by atoms with van der Waals surface area (Å²) in [5.41, 5.74) is -1.07. The second-order valence-corrected chi connectivity index (χ2v) is 5.05. The second-order valence-electron chi connectivity index (χ2n) is 5.05. The maximum Gasteiger partial charge on any atom is 0.140 e. The highest BCUT2D eigenvalue weighted by molar-refractivity contribution is 4.93. The van der Waals surface area contributed by atoms with Crippen LogP contribution in [0.15, 0.2) is 0 Å². The quantitative estimate of drug-likeness (QED) is 0.554. The van der Waals surface area contributed by atoms with E-state index < -0.39 is 17.8 Å². The summed E-state index contributed by atoms with van der Waals surface area (Å²) in [5.74, 6) is 0. The minimum Gasteiger partial charge on any atom is -0.393 e. The lowest BCUT2D eigenvalue weighted by Gasteiger charge is -2.41. The Bertz CT molecular complexity index is 223. The van der Waals surface area contributed by atoms with Crippen LogP contribution in [0.4, 0.5) is 0 Å². The normalized spacial score (nSPS) is 32.7. The third-order valence-electron chi connectivity index (χ3n) is 3.42. The van der Waals surface area contributed by atoms with E-state index >= 15 is 0 Å². The van der Waals surface area contributed by atoms with Crippen LogP contribution in [0.2, 0.25) is 0 Å². The molecule has 3 atom stereocenters. The van der Waals surface area contributed by atoms with Gasteiger partial charge in [-0.3, -0.25) is 0 Å². The first-order valence-corrected chi connectivity index (χ1v) is 6.83.